The Kier molecular flexibility index (Phi) is 7.69. The van der Waals surface area contributed by atoms with Crippen molar-refractivity contribution in [3.8, 4) is 0 Å². The number of halogens is 1. The van der Waals surface area contributed by atoms with Crippen LogP contribution in [0.5, 0.6) is 0 Å². The van der Waals surface area contributed by atoms with Gasteiger partial charge in [0, 0.05) is 16.2 Å². The molecule has 0 fully saturated rings. The van der Waals surface area contributed by atoms with Gasteiger partial charge in [-0.25, -0.2) is 0 Å². The average Bonchev–Trinajstić information content (AvgIpc) is 2.24. The predicted octanol–water partition coefficient (Wildman–Crippen LogP) is 3.35. The van der Waals surface area contributed by atoms with Crippen LogP contribution in [0.15, 0.2) is 12.1 Å². The molecule has 0 heterocycles. The molecular formula is C13H18ClLiOP. The molecule has 0 aromatic heterocycles. The van der Waals surface area contributed by atoms with Crippen molar-refractivity contribution < 1.29 is 4.79 Å². The fraction of sp³-hybridized carbons (Fsp3) is 0.385. The van der Waals surface area contributed by atoms with Gasteiger partial charge in [0.1, 0.15) is 0 Å². The van der Waals surface area contributed by atoms with Gasteiger partial charge in [0.2, 0.25) is 0 Å². The minimum absolute atomic E-state index is 0. The number of hydrogen-bond donors (Lipinski definition) is 0. The SMILES string of the molecule is [CH2]CCC(P)C(=O)c1c(C)ccc(Cl)c1C.[LiH]. The molecule has 0 amide bonds. The minimum atomic E-state index is -0.0617. The second kappa shape index (κ2) is 7.60. The van der Waals surface area contributed by atoms with Crippen LogP contribution in [0.25, 0.3) is 0 Å². The van der Waals surface area contributed by atoms with Gasteiger partial charge in [0.15, 0.2) is 5.78 Å². The Morgan fingerprint density at radius 3 is 2.59 bits per heavy atom. The van der Waals surface area contributed by atoms with E-state index in [9.17, 15) is 4.79 Å². The summed E-state index contributed by atoms with van der Waals surface area (Å²) in [7, 11) is 2.60. The molecule has 0 saturated heterocycles. The van der Waals surface area contributed by atoms with E-state index in [1.165, 1.54) is 0 Å². The Bertz CT molecular complexity index is 407. The Hall–Kier alpha value is 0.207. The van der Waals surface area contributed by atoms with E-state index in [-0.39, 0.29) is 30.3 Å². The maximum atomic E-state index is 12.2. The summed E-state index contributed by atoms with van der Waals surface area (Å²) >= 11 is 6.04. The Balaban J connectivity index is 0.00000256. The van der Waals surface area contributed by atoms with Gasteiger partial charge in [-0.2, -0.15) is 0 Å². The molecule has 1 aromatic rings. The summed E-state index contributed by atoms with van der Waals surface area (Å²) in [5.74, 6) is 0.145. The van der Waals surface area contributed by atoms with Gasteiger partial charge in [-0.1, -0.05) is 31.0 Å². The van der Waals surface area contributed by atoms with Crippen LogP contribution in [0.2, 0.25) is 5.02 Å². The van der Waals surface area contributed by atoms with Gasteiger partial charge < -0.3 is 0 Å². The molecule has 89 valence electrons. The maximum absolute atomic E-state index is 12.2. The Labute approximate surface area is 123 Å². The van der Waals surface area contributed by atoms with Gasteiger partial charge in [0.25, 0.3) is 0 Å². The standard InChI is InChI=1S/C13H17ClOP.Li.H/c1-4-5-11(16)13(15)12-8(2)6-7-10(14)9(12)3;;/h6-7,11H,1,4-5,16H2,2-3H3;;. The normalized spacial score (nSPS) is 11.8. The number of ketones is 1. The molecule has 0 bridgehead atoms. The molecular weight excluding hydrogens is 246 g/mol. The summed E-state index contributed by atoms with van der Waals surface area (Å²) in [4.78, 5) is 12.2. The van der Waals surface area contributed by atoms with Crippen molar-refractivity contribution in [2.24, 2.45) is 0 Å². The van der Waals surface area contributed by atoms with Gasteiger partial charge in [-0.15, -0.1) is 9.24 Å². The zero-order valence-corrected chi connectivity index (χ0v) is 11.6. The molecule has 1 nitrogen and oxygen atoms in total. The summed E-state index contributed by atoms with van der Waals surface area (Å²) in [5.41, 5.74) is 2.57. The first-order valence-corrected chi connectivity index (χ1v) is 6.38. The number of rotatable bonds is 4. The van der Waals surface area contributed by atoms with Crippen LogP contribution >= 0.6 is 20.8 Å². The third-order valence-electron chi connectivity index (χ3n) is 2.71. The van der Waals surface area contributed by atoms with Crippen LogP contribution in [0.4, 0.5) is 0 Å². The monoisotopic (exact) mass is 263 g/mol. The van der Waals surface area contributed by atoms with Crippen molar-refractivity contribution in [1.29, 1.82) is 0 Å². The van der Waals surface area contributed by atoms with Gasteiger partial charge in [0.05, 0.1) is 0 Å². The molecule has 0 aliphatic heterocycles. The summed E-state index contributed by atoms with van der Waals surface area (Å²) in [5, 5.41) is 0.653. The predicted molar refractivity (Wildman–Crippen MR) is 80.5 cm³/mol. The number of aryl methyl sites for hydroxylation is 1. The van der Waals surface area contributed by atoms with Crippen LogP contribution in [-0.4, -0.2) is 30.3 Å². The molecule has 2 unspecified atom stereocenters. The first kappa shape index (κ1) is 17.2. The number of benzene rings is 1. The van der Waals surface area contributed by atoms with Crippen LogP contribution in [0.1, 0.15) is 34.3 Å². The fourth-order valence-corrected chi connectivity index (χ4v) is 2.30. The number of hydrogen-bond acceptors (Lipinski definition) is 1. The summed E-state index contributed by atoms with van der Waals surface area (Å²) in [6.45, 7) is 7.61. The molecule has 17 heavy (non-hydrogen) atoms. The van der Waals surface area contributed by atoms with Crippen LogP contribution in [-0.2, 0) is 0 Å². The zero-order chi connectivity index (χ0) is 12.3. The molecule has 0 saturated carbocycles. The quantitative estimate of drug-likeness (QED) is 0.463. The van der Waals surface area contributed by atoms with Crippen molar-refractivity contribution >= 4 is 45.5 Å². The van der Waals surface area contributed by atoms with E-state index in [2.05, 4.69) is 16.2 Å². The Morgan fingerprint density at radius 2 is 2.06 bits per heavy atom. The number of carbonyl (C=O) groups is 1. The average molecular weight is 264 g/mol. The molecule has 1 aromatic carbocycles. The van der Waals surface area contributed by atoms with Crippen molar-refractivity contribution in [2.75, 3.05) is 0 Å². The van der Waals surface area contributed by atoms with Crippen molar-refractivity contribution in [1.82, 2.24) is 0 Å². The van der Waals surface area contributed by atoms with Crippen LogP contribution in [0, 0.1) is 20.8 Å². The van der Waals surface area contributed by atoms with E-state index in [0.29, 0.717) is 5.02 Å². The molecule has 0 aliphatic carbocycles. The van der Waals surface area contributed by atoms with E-state index in [1.807, 2.05) is 26.0 Å². The van der Waals surface area contributed by atoms with E-state index in [4.69, 9.17) is 11.6 Å². The first-order chi connectivity index (χ1) is 7.49. The molecule has 1 radical (unpaired) electrons. The summed E-state index contributed by atoms with van der Waals surface area (Å²) in [6, 6.07) is 3.73. The van der Waals surface area contributed by atoms with Crippen molar-refractivity contribution in [2.45, 2.75) is 32.3 Å². The number of carbonyl (C=O) groups excluding carboxylic acids is 1. The fourth-order valence-electron chi connectivity index (χ4n) is 1.74. The van der Waals surface area contributed by atoms with Crippen molar-refractivity contribution in [3.05, 3.63) is 40.8 Å². The molecule has 4 heteroatoms. The second-order valence-corrected chi connectivity index (χ2v) is 5.19. The Morgan fingerprint density at radius 1 is 1.47 bits per heavy atom. The van der Waals surface area contributed by atoms with Gasteiger partial charge >= 0.3 is 18.9 Å². The van der Waals surface area contributed by atoms with E-state index in [1.54, 1.807) is 0 Å². The molecule has 0 aliphatic rings. The third-order valence-corrected chi connectivity index (χ3v) is 3.75. The summed E-state index contributed by atoms with van der Waals surface area (Å²) < 4.78 is 0. The number of Topliss-reactive ketones (excluding diaryl/α,β-unsaturated/α-hetero) is 1. The topological polar surface area (TPSA) is 17.1 Å². The molecule has 0 N–H and O–H groups in total. The molecule has 1 rings (SSSR count). The van der Waals surface area contributed by atoms with Crippen LogP contribution < -0.4 is 0 Å². The zero-order valence-electron chi connectivity index (χ0n) is 9.72. The van der Waals surface area contributed by atoms with E-state index >= 15 is 0 Å². The van der Waals surface area contributed by atoms with Gasteiger partial charge in [-0.05, 0) is 37.5 Å². The molecule has 2 atom stereocenters. The van der Waals surface area contributed by atoms with E-state index in [0.717, 1.165) is 29.5 Å². The van der Waals surface area contributed by atoms with Gasteiger partial charge in [-0.3, -0.25) is 4.79 Å². The van der Waals surface area contributed by atoms with Crippen molar-refractivity contribution in [3.63, 3.8) is 0 Å². The third kappa shape index (κ3) is 4.11. The second-order valence-electron chi connectivity index (χ2n) is 3.98. The van der Waals surface area contributed by atoms with E-state index < -0.39 is 0 Å². The van der Waals surface area contributed by atoms with Crippen LogP contribution in [0.3, 0.4) is 0 Å². The molecule has 0 spiro atoms. The summed E-state index contributed by atoms with van der Waals surface area (Å²) in [6.07, 6.45) is 1.55. The first-order valence-electron chi connectivity index (χ1n) is 5.33.